The lowest BCUT2D eigenvalue weighted by Crippen LogP contribution is -2.43. The van der Waals surface area contributed by atoms with Gasteiger partial charge in [-0.05, 0) is 51.2 Å². The summed E-state index contributed by atoms with van der Waals surface area (Å²) in [5.74, 6) is -0.140. The number of nitrogens with one attached hydrogen (secondary N) is 1. The van der Waals surface area contributed by atoms with Crippen molar-refractivity contribution in [1.82, 2.24) is 10.2 Å². The molecule has 1 amide bonds. The summed E-state index contributed by atoms with van der Waals surface area (Å²) in [5.41, 5.74) is 0.483. The van der Waals surface area contributed by atoms with Crippen LogP contribution in [0.5, 0.6) is 5.75 Å². The van der Waals surface area contributed by atoms with Gasteiger partial charge in [0.05, 0.1) is 5.02 Å². The normalized spacial score (nSPS) is 17.7. The number of phenolic OH excluding ortho intramolecular Hbond substituents is 1. The average molecular weight is 269 g/mol. The first kappa shape index (κ1) is 13.2. The lowest BCUT2D eigenvalue weighted by molar-refractivity contribution is 0.0917. The van der Waals surface area contributed by atoms with Crippen molar-refractivity contribution in [1.29, 1.82) is 0 Å². The molecule has 2 N–H and O–H groups in total. The zero-order valence-electron chi connectivity index (χ0n) is 10.3. The van der Waals surface area contributed by atoms with Crippen molar-refractivity contribution < 1.29 is 9.90 Å². The van der Waals surface area contributed by atoms with Crippen LogP contribution in [0.1, 0.15) is 23.2 Å². The van der Waals surface area contributed by atoms with Gasteiger partial charge in [-0.15, -0.1) is 0 Å². The lowest BCUT2D eigenvalue weighted by Gasteiger charge is -2.29. The Hall–Kier alpha value is -1.26. The van der Waals surface area contributed by atoms with Crippen molar-refractivity contribution in [2.75, 3.05) is 20.1 Å². The number of nitrogens with zero attached hydrogens (tertiary/aromatic N) is 1. The highest BCUT2D eigenvalue weighted by Gasteiger charge is 2.19. The third-order valence-electron chi connectivity index (χ3n) is 3.26. The van der Waals surface area contributed by atoms with Crippen LogP contribution >= 0.6 is 11.6 Å². The van der Waals surface area contributed by atoms with Crippen LogP contribution in [0, 0.1) is 0 Å². The minimum absolute atomic E-state index is 0.00694. The summed E-state index contributed by atoms with van der Waals surface area (Å²) in [5, 5.41) is 12.5. The molecule has 1 aliphatic rings. The number of halogens is 1. The molecule has 1 saturated heterocycles. The predicted molar refractivity (Wildman–Crippen MR) is 71.1 cm³/mol. The van der Waals surface area contributed by atoms with Crippen molar-refractivity contribution >= 4 is 17.5 Å². The van der Waals surface area contributed by atoms with E-state index in [1.54, 1.807) is 6.07 Å². The Labute approximate surface area is 112 Å². The Bertz CT molecular complexity index is 443. The molecule has 1 heterocycles. The zero-order valence-corrected chi connectivity index (χ0v) is 11.1. The van der Waals surface area contributed by atoms with Gasteiger partial charge in [-0.3, -0.25) is 4.79 Å². The summed E-state index contributed by atoms with van der Waals surface area (Å²) < 4.78 is 0. The second-order valence-corrected chi connectivity index (χ2v) is 5.12. The van der Waals surface area contributed by atoms with Gasteiger partial charge in [-0.1, -0.05) is 11.6 Å². The Kier molecular flexibility index (Phi) is 4.09. The van der Waals surface area contributed by atoms with Gasteiger partial charge in [0.1, 0.15) is 5.75 Å². The Morgan fingerprint density at radius 3 is 2.72 bits per heavy atom. The second-order valence-electron chi connectivity index (χ2n) is 4.72. The van der Waals surface area contributed by atoms with Gasteiger partial charge >= 0.3 is 0 Å². The molecular weight excluding hydrogens is 252 g/mol. The molecule has 0 radical (unpaired) electrons. The van der Waals surface area contributed by atoms with Crippen molar-refractivity contribution in [3.05, 3.63) is 28.8 Å². The molecule has 0 atom stereocenters. The molecule has 98 valence electrons. The minimum atomic E-state index is -0.133. The van der Waals surface area contributed by atoms with Crippen LogP contribution in [0.4, 0.5) is 0 Å². The number of carbonyl (C=O) groups excluding carboxylic acids is 1. The first-order valence-electron chi connectivity index (χ1n) is 6.04. The maximum Gasteiger partial charge on any atom is 0.251 e. The largest absolute Gasteiger partial charge is 0.506 e. The number of likely N-dealkylation sites (tertiary alicyclic amines) is 1. The topological polar surface area (TPSA) is 52.6 Å². The molecule has 5 heteroatoms. The van der Waals surface area contributed by atoms with Crippen LogP contribution in [-0.4, -0.2) is 42.1 Å². The van der Waals surface area contributed by atoms with E-state index in [9.17, 15) is 9.90 Å². The first-order valence-corrected chi connectivity index (χ1v) is 6.42. The van der Waals surface area contributed by atoms with Crippen LogP contribution in [0.3, 0.4) is 0 Å². The third-order valence-corrected chi connectivity index (χ3v) is 3.57. The van der Waals surface area contributed by atoms with Crippen molar-refractivity contribution in [3.63, 3.8) is 0 Å². The fourth-order valence-electron chi connectivity index (χ4n) is 2.07. The van der Waals surface area contributed by atoms with Crippen LogP contribution in [0.15, 0.2) is 18.2 Å². The number of amides is 1. The number of aromatic hydroxyl groups is 1. The maximum atomic E-state index is 12.0. The molecule has 0 saturated carbocycles. The molecule has 1 aromatic rings. The van der Waals surface area contributed by atoms with E-state index in [1.807, 2.05) is 0 Å². The van der Waals surface area contributed by atoms with E-state index in [2.05, 4.69) is 17.3 Å². The maximum absolute atomic E-state index is 12.0. The summed E-state index contributed by atoms with van der Waals surface area (Å²) in [6.07, 6.45) is 1.93. The van der Waals surface area contributed by atoms with E-state index >= 15 is 0 Å². The second kappa shape index (κ2) is 5.59. The standard InChI is InChI=1S/C13H17ClN2O2/c1-16-6-4-10(5-7-16)15-13(18)9-2-3-12(17)11(14)8-9/h2-3,8,10,17H,4-7H2,1H3,(H,15,18). The Balaban J connectivity index is 1.97. The quantitative estimate of drug-likeness (QED) is 0.861. The summed E-state index contributed by atoms with van der Waals surface area (Å²) in [6, 6.07) is 4.72. The fourth-order valence-corrected chi connectivity index (χ4v) is 2.25. The summed E-state index contributed by atoms with van der Waals surface area (Å²) >= 11 is 5.78. The Morgan fingerprint density at radius 2 is 2.11 bits per heavy atom. The van der Waals surface area contributed by atoms with Gasteiger partial charge in [0.15, 0.2) is 0 Å². The molecular formula is C13H17ClN2O2. The van der Waals surface area contributed by atoms with Gasteiger partial charge in [0.25, 0.3) is 5.91 Å². The van der Waals surface area contributed by atoms with Crippen molar-refractivity contribution in [2.24, 2.45) is 0 Å². The molecule has 0 aromatic heterocycles. The van der Waals surface area contributed by atoms with E-state index in [0.29, 0.717) is 5.56 Å². The molecule has 0 bridgehead atoms. The summed E-state index contributed by atoms with van der Waals surface area (Å²) in [6.45, 7) is 2.00. The number of rotatable bonds is 2. The highest BCUT2D eigenvalue weighted by Crippen LogP contribution is 2.23. The van der Waals surface area contributed by atoms with E-state index < -0.39 is 0 Å². The number of piperidine rings is 1. The van der Waals surface area contributed by atoms with Crippen molar-refractivity contribution in [2.45, 2.75) is 18.9 Å². The number of hydrogen-bond donors (Lipinski definition) is 2. The van der Waals surface area contributed by atoms with Crippen molar-refractivity contribution in [3.8, 4) is 5.75 Å². The number of carbonyl (C=O) groups is 1. The molecule has 0 spiro atoms. The predicted octanol–water partition coefficient (Wildman–Crippen LogP) is 1.87. The van der Waals surface area contributed by atoms with Gasteiger partial charge in [-0.2, -0.15) is 0 Å². The lowest BCUT2D eigenvalue weighted by atomic mass is 10.0. The van der Waals surface area contributed by atoms with Gasteiger partial charge in [0.2, 0.25) is 0 Å². The summed E-state index contributed by atoms with van der Waals surface area (Å²) in [7, 11) is 2.08. The average Bonchev–Trinajstić information content (AvgIpc) is 2.35. The molecule has 18 heavy (non-hydrogen) atoms. The SMILES string of the molecule is CN1CCC(NC(=O)c2ccc(O)c(Cl)c2)CC1. The molecule has 4 nitrogen and oxygen atoms in total. The van der Waals surface area contributed by atoms with E-state index in [4.69, 9.17) is 11.6 Å². The third kappa shape index (κ3) is 3.15. The van der Waals surface area contributed by atoms with Crippen LogP contribution < -0.4 is 5.32 Å². The highest BCUT2D eigenvalue weighted by molar-refractivity contribution is 6.32. The summed E-state index contributed by atoms with van der Waals surface area (Å²) in [4.78, 5) is 14.2. The van der Waals surface area contributed by atoms with Gasteiger partial charge in [0, 0.05) is 11.6 Å². The molecule has 1 aliphatic heterocycles. The molecule has 0 aliphatic carbocycles. The van der Waals surface area contributed by atoms with Gasteiger partial charge < -0.3 is 15.3 Å². The number of hydrogen-bond acceptors (Lipinski definition) is 3. The van der Waals surface area contributed by atoms with E-state index in [0.717, 1.165) is 25.9 Å². The monoisotopic (exact) mass is 268 g/mol. The molecule has 2 rings (SSSR count). The molecule has 1 fully saturated rings. The molecule has 1 aromatic carbocycles. The zero-order chi connectivity index (χ0) is 13.1. The number of phenols is 1. The van der Waals surface area contributed by atoms with E-state index in [-0.39, 0.29) is 22.7 Å². The van der Waals surface area contributed by atoms with Crippen LogP contribution in [0.2, 0.25) is 5.02 Å². The van der Waals surface area contributed by atoms with Gasteiger partial charge in [-0.25, -0.2) is 0 Å². The van der Waals surface area contributed by atoms with E-state index in [1.165, 1.54) is 12.1 Å². The Morgan fingerprint density at radius 1 is 1.44 bits per heavy atom. The highest BCUT2D eigenvalue weighted by atomic mass is 35.5. The smallest absolute Gasteiger partial charge is 0.251 e. The molecule has 0 unspecified atom stereocenters. The van der Waals surface area contributed by atoms with Crippen LogP contribution in [-0.2, 0) is 0 Å². The first-order chi connectivity index (χ1) is 8.56. The van der Waals surface area contributed by atoms with Crippen LogP contribution in [0.25, 0.3) is 0 Å². The fraction of sp³-hybridized carbons (Fsp3) is 0.462. The minimum Gasteiger partial charge on any atom is -0.506 e. The number of benzene rings is 1.